The largest absolute Gasteiger partial charge is 0.336 e. The highest BCUT2D eigenvalue weighted by Gasteiger charge is 2.38. The lowest BCUT2D eigenvalue weighted by Crippen LogP contribution is -2.37. The Kier molecular flexibility index (Phi) is 10.3. The maximum absolute atomic E-state index is 15.1. The van der Waals surface area contributed by atoms with Gasteiger partial charge >= 0.3 is 5.69 Å². The van der Waals surface area contributed by atoms with Crippen LogP contribution in [0, 0.1) is 5.82 Å². The van der Waals surface area contributed by atoms with Crippen molar-refractivity contribution < 1.29 is 9.18 Å². The smallest absolute Gasteiger partial charge is 0.330 e. The fourth-order valence-corrected chi connectivity index (χ4v) is 7.61. The predicted octanol–water partition coefficient (Wildman–Crippen LogP) is 8.02. The topological polar surface area (TPSA) is 130 Å². The molecule has 8 aromatic rings. The summed E-state index contributed by atoms with van der Waals surface area (Å²) >= 11 is 0. The molecular weight excluding hydrogens is 718 g/mol. The molecule has 3 aromatic heterocycles. The van der Waals surface area contributed by atoms with Gasteiger partial charge in [-0.15, -0.1) is 0 Å². The molecule has 0 aliphatic rings. The first-order valence-corrected chi connectivity index (χ1v) is 18.9. The van der Waals surface area contributed by atoms with E-state index in [4.69, 9.17) is 4.98 Å². The molecule has 8 rings (SSSR count). The van der Waals surface area contributed by atoms with Crippen molar-refractivity contribution in [3.05, 3.63) is 218 Å². The highest BCUT2D eigenvalue weighted by molar-refractivity contribution is 6.02. The number of benzene rings is 5. The SMILES string of the molecule is CCCCn1c(=O)[nH]c(=O)c2[nH]c(C(Cc3ccccc3F)c3ccc(NC(=O)c4cn(C(c5ccccc5)(c5ccccc5)c5ccccc5)cn4)cc3)nc21. The first-order valence-electron chi connectivity index (χ1n) is 18.9. The van der Waals surface area contributed by atoms with Crippen LogP contribution in [0.4, 0.5) is 10.1 Å². The molecule has 1 amide bonds. The van der Waals surface area contributed by atoms with Crippen LogP contribution in [-0.2, 0) is 18.5 Å². The summed E-state index contributed by atoms with van der Waals surface area (Å²) in [4.78, 5) is 54.4. The summed E-state index contributed by atoms with van der Waals surface area (Å²) in [5.41, 5.74) is 3.51. The van der Waals surface area contributed by atoms with E-state index in [0.717, 1.165) is 35.1 Å². The molecule has 0 aliphatic heterocycles. The van der Waals surface area contributed by atoms with Gasteiger partial charge in [0.15, 0.2) is 5.65 Å². The molecule has 1 atom stereocenters. The number of hydrogen-bond acceptors (Lipinski definition) is 5. The zero-order valence-corrected chi connectivity index (χ0v) is 31.2. The standard InChI is InChI=1S/C46H40FN7O3/c1-2-3-27-54-42-40(44(56)52-45(54)57)50-41(51-42)37(28-32-15-13-14-22-38(32)47)31-23-25-36(26-24-31)49-43(55)39-29-53(30-48-39)46(33-16-7-4-8-17-33,34-18-9-5-10-19-34)35-20-11-6-12-21-35/h4-26,29-30,37H,2-3,27-28H2,1H3,(H,49,55)(H,50,51)(H,52,56,57). The number of unbranched alkanes of at least 4 members (excludes halogenated alkanes) is 1. The quantitative estimate of drug-likeness (QED) is 0.103. The number of fused-ring (bicyclic) bond motifs is 1. The molecule has 0 saturated heterocycles. The van der Waals surface area contributed by atoms with E-state index in [2.05, 4.69) is 56.7 Å². The number of carbonyl (C=O) groups excluding carboxylic acids is 1. The van der Waals surface area contributed by atoms with Crippen molar-refractivity contribution in [3.63, 3.8) is 0 Å². The number of aryl methyl sites for hydroxylation is 1. The lowest BCUT2D eigenvalue weighted by molar-refractivity contribution is 0.102. The minimum atomic E-state index is -0.823. The van der Waals surface area contributed by atoms with Gasteiger partial charge in [0.2, 0.25) is 0 Å². The molecule has 5 aromatic carbocycles. The van der Waals surface area contributed by atoms with Crippen LogP contribution >= 0.6 is 0 Å². The number of aromatic nitrogens is 6. The number of halogens is 1. The van der Waals surface area contributed by atoms with Crippen molar-refractivity contribution in [2.45, 2.75) is 44.2 Å². The molecule has 0 fully saturated rings. The lowest BCUT2D eigenvalue weighted by atomic mass is 9.77. The third kappa shape index (κ3) is 7.11. The summed E-state index contributed by atoms with van der Waals surface area (Å²) in [5, 5.41) is 2.99. The van der Waals surface area contributed by atoms with E-state index in [0.29, 0.717) is 23.6 Å². The van der Waals surface area contributed by atoms with Crippen molar-refractivity contribution >= 4 is 22.8 Å². The van der Waals surface area contributed by atoms with Crippen molar-refractivity contribution in [2.75, 3.05) is 5.32 Å². The maximum atomic E-state index is 15.1. The number of nitrogens with zero attached hydrogens (tertiary/aromatic N) is 4. The van der Waals surface area contributed by atoms with Gasteiger partial charge in [-0.25, -0.2) is 19.2 Å². The molecule has 0 spiro atoms. The second kappa shape index (κ2) is 15.9. The van der Waals surface area contributed by atoms with Gasteiger partial charge in [0.05, 0.1) is 6.33 Å². The fraction of sp³-hybridized carbons (Fsp3) is 0.152. The third-order valence-electron chi connectivity index (χ3n) is 10.4. The number of rotatable bonds is 13. The predicted molar refractivity (Wildman–Crippen MR) is 219 cm³/mol. The molecule has 0 bridgehead atoms. The zero-order chi connectivity index (χ0) is 39.4. The van der Waals surface area contributed by atoms with Gasteiger partial charge in [0.25, 0.3) is 11.5 Å². The number of carbonyl (C=O) groups is 1. The minimum Gasteiger partial charge on any atom is -0.336 e. The van der Waals surface area contributed by atoms with Crippen LogP contribution < -0.4 is 16.6 Å². The minimum absolute atomic E-state index is 0.179. The van der Waals surface area contributed by atoms with E-state index in [1.54, 1.807) is 42.9 Å². The molecule has 11 heteroatoms. The highest BCUT2D eigenvalue weighted by atomic mass is 19.1. The molecule has 1 unspecified atom stereocenters. The number of anilines is 1. The summed E-state index contributed by atoms with van der Waals surface area (Å²) in [7, 11) is 0. The highest BCUT2D eigenvalue weighted by Crippen LogP contribution is 2.41. The van der Waals surface area contributed by atoms with Crippen molar-refractivity contribution in [1.29, 1.82) is 0 Å². The molecule has 0 radical (unpaired) electrons. The van der Waals surface area contributed by atoms with Crippen molar-refractivity contribution in [3.8, 4) is 0 Å². The fourth-order valence-electron chi connectivity index (χ4n) is 7.61. The Hall–Kier alpha value is -7.14. The van der Waals surface area contributed by atoms with Gasteiger partial charge in [-0.1, -0.05) is 135 Å². The molecule has 10 nitrogen and oxygen atoms in total. The van der Waals surface area contributed by atoms with Gasteiger partial charge in [-0.05, 0) is 58.9 Å². The van der Waals surface area contributed by atoms with Gasteiger partial charge < -0.3 is 14.9 Å². The number of imidazole rings is 2. The lowest BCUT2D eigenvalue weighted by Gasteiger charge is -2.37. The molecule has 3 heterocycles. The van der Waals surface area contributed by atoms with Gasteiger partial charge in [-0.2, -0.15) is 0 Å². The summed E-state index contributed by atoms with van der Waals surface area (Å²) < 4.78 is 18.5. The first kappa shape index (κ1) is 36.8. The van der Waals surface area contributed by atoms with E-state index in [1.165, 1.54) is 10.6 Å². The van der Waals surface area contributed by atoms with Crippen LogP contribution in [0.1, 0.15) is 69.8 Å². The summed E-state index contributed by atoms with van der Waals surface area (Å²) in [6, 6.07) is 44.2. The van der Waals surface area contributed by atoms with E-state index < -0.39 is 28.6 Å². The van der Waals surface area contributed by atoms with Gasteiger partial charge in [0, 0.05) is 24.3 Å². The Bertz CT molecular complexity index is 2660. The van der Waals surface area contributed by atoms with E-state index in [-0.39, 0.29) is 29.1 Å². The average Bonchev–Trinajstić information content (AvgIpc) is 3.92. The Morgan fingerprint density at radius 2 is 1.39 bits per heavy atom. The molecule has 284 valence electrons. The second-order valence-electron chi connectivity index (χ2n) is 14.0. The number of amides is 1. The zero-order valence-electron chi connectivity index (χ0n) is 31.2. The maximum Gasteiger partial charge on any atom is 0.330 e. The van der Waals surface area contributed by atoms with E-state index in [1.807, 2.05) is 78.2 Å². The number of nitrogens with one attached hydrogen (secondary N) is 3. The summed E-state index contributed by atoms with van der Waals surface area (Å²) in [6.45, 7) is 2.41. The molecule has 3 N–H and O–H groups in total. The van der Waals surface area contributed by atoms with Crippen LogP contribution in [0.2, 0.25) is 0 Å². The number of aromatic amines is 2. The van der Waals surface area contributed by atoms with Crippen LogP contribution in [-0.4, -0.2) is 35.0 Å². The Balaban J connectivity index is 1.12. The molecule has 57 heavy (non-hydrogen) atoms. The van der Waals surface area contributed by atoms with Crippen LogP contribution in [0.25, 0.3) is 11.2 Å². The second-order valence-corrected chi connectivity index (χ2v) is 14.0. The Morgan fingerprint density at radius 3 is 1.98 bits per heavy atom. The molecule has 0 saturated carbocycles. The average molecular weight is 758 g/mol. The Morgan fingerprint density at radius 1 is 0.789 bits per heavy atom. The summed E-state index contributed by atoms with van der Waals surface area (Å²) in [6.07, 6.45) is 5.26. The number of H-pyrrole nitrogens is 2. The first-order chi connectivity index (χ1) is 27.9. The third-order valence-corrected chi connectivity index (χ3v) is 10.4. The van der Waals surface area contributed by atoms with Crippen molar-refractivity contribution in [2.24, 2.45) is 0 Å². The Labute approximate surface area is 327 Å². The monoisotopic (exact) mass is 757 g/mol. The summed E-state index contributed by atoms with van der Waals surface area (Å²) in [5.74, 6) is -0.869. The van der Waals surface area contributed by atoms with E-state index >= 15 is 4.39 Å². The van der Waals surface area contributed by atoms with Gasteiger partial charge in [0.1, 0.15) is 28.4 Å². The van der Waals surface area contributed by atoms with E-state index in [9.17, 15) is 14.4 Å². The van der Waals surface area contributed by atoms with Gasteiger partial charge in [-0.3, -0.25) is 19.1 Å². The van der Waals surface area contributed by atoms with Crippen LogP contribution in [0.3, 0.4) is 0 Å². The van der Waals surface area contributed by atoms with Crippen molar-refractivity contribution in [1.82, 2.24) is 29.1 Å². The van der Waals surface area contributed by atoms with Crippen LogP contribution in [0.5, 0.6) is 0 Å². The molecule has 0 aliphatic carbocycles. The number of hydrogen-bond donors (Lipinski definition) is 3. The normalized spacial score (nSPS) is 12.1. The molecular formula is C46H40FN7O3. The van der Waals surface area contributed by atoms with Crippen LogP contribution in [0.15, 0.2) is 162 Å².